The number of nitrogens with zero attached hydrogens (tertiary/aromatic N) is 1. The van der Waals surface area contributed by atoms with E-state index in [4.69, 9.17) is 16.3 Å². The fourth-order valence-corrected chi connectivity index (χ4v) is 3.31. The molecule has 1 aromatic rings. The Kier molecular flexibility index (Phi) is 12.9. The van der Waals surface area contributed by atoms with Gasteiger partial charge in [-0.05, 0) is 50.6 Å². The molecule has 1 aliphatic rings. The zero-order valence-electron chi connectivity index (χ0n) is 15.4. The van der Waals surface area contributed by atoms with Gasteiger partial charge >= 0.3 is 0 Å². The number of carbonyl (C=O) groups excluding carboxylic acids is 1. The van der Waals surface area contributed by atoms with E-state index < -0.39 is 0 Å². The number of halogens is 3. The van der Waals surface area contributed by atoms with Crippen molar-refractivity contribution in [2.75, 3.05) is 38.6 Å². The molecule has 2 N–H and O–H groups in total. The van der Waals surface area contributed by atoms with E-state index in [0.29, 0.717) is 24.0 Å². The zero-order valence-corrected chi connectivity index (χ0v) is 17.8. The highest BCUT2D eigenvalue weighted by molar-refractivity contribution is 6.30. The summed E-state index contributed by atoms with van der Waals surface area (Å²) in [6, 6.07) is 5.81. The highest BCUT2D eigenvalue weighted by Gasteiger charge is 2.24. The smallest absolute Gasteiger partial charge is 0.224 e. The first-order chi connectivity index (χ1) is 11.7. The summed E-state index contributed by atoms with van der Waals surface area (Å²) < 4.78 is 5.32. The summed E-state index contributed by atoms with van der Waals surface area (Å²) in [5, 5.41) is 7.27. The van der Waals surface area contributed by atoms with Crippen molar-refractivity contribution in [3.05, 3.63) is 23.2 Å². The van der Waals surface area contributed by atoms with Gasteiger partial charge in [0.1, 0.15) is 5.75 Å². The number of nitrogens with one attached hydrogen (secondary N) is 2. The summed E-state index contributed by atoms with van der Waals surface area (Å²) in [6.45, 7) is 5.52. The van der Waals surface area contributed by atoms with E-state index in [1.807, 2.05) is 12.1 Å². The Morgan fingerprint density at radius 3 is 2.65 bits per heavy atom. The van der Waals surface area contributed by atoms with Gasteiger partial charge in [-0.25, -0.2) is 0 Å². The average Bonchev–Trinajstić information content (AvgIpc) is 2.60. The van der Waals surface area contributed by atoms with Gasteiger partial charge in [0.15, 0.2) is 0 Å². The Bertz CT molecular complexity index is 540. The predicted octanol–water partition coefficient (Wildman–Crippen LogP) is 3.98. The van der Waals surface area contributed by atoms with E-state index in [-0.39, 0.29) is 30.7 Å². The van der Waals surface area contributed by atoms with Crippen molar-refractivity contribution in [2.24, 2.45) is 0 Å². The number of amides is 1. The molecule has 1 fully saturated rings. The number of rotatable bonds is 8. The van der Waals surface area contributed by atoms with E-state index in [0.717, 1.165) is 50.3 Å². The molecule has 1 saturated heterocycles. The van der Waals surface area contributed by atoms with Gasteiger partial charge in [-0.2, -0.15) is 0 Å². The van der Waals surface area contributed by atoms with Crippen LogP contribution in [0.1, 0.15) is 32.6 Å². The molecule has 26 heavy (non-hydrogen) atoms. The highest BCUT2D eigenvalue weighted by atomic mass is 35.5. The van der Waals surface area contributed by atoms with Gasteiger partial charge in [-0.15, -0.1) is 24.8 Å². The summed E-state index contributed by atoms with van der Waals surface area (Å²) in [6.07, 6.45) is 3.55. The summed E-state index contributed by atoms with van der Waals surface area (Å²) in [5.41, 5.74) is 0.821. The maximum absolute atomic E-state index is 12.7. The number of hydrogen-bond acceptors (Lipinski definition) is 4. The van der Waals surface area contributed by atoms with E-state index >= 15 is 0 Å². The Morgan fingerprint density at radius 2 is 2.04 bits per heavy atom. The molecular weight excluding hydrogens is 397 g/mol. The fraction of sp³-hybridized carbons (Fsp3) is 0.611. The van der Waals surface area contributed by atoms with Crippen molar-refractivity contribution < 1.29 is 9.53 Å². The lowest BCUT2D eigenvalue weighted by atomic mass is 10.0. The summed E-state index contributed by atoms with van der Waals surface area (Å²) >= 11 is 6.03. The molecule has 1 amide bonds. The number of methoxy groups -OCH3 is 1. The molecule has 0 spiro atoms. The van der Waals surface area contributed by atoms with Crippen molar-refractivity contribution in [3.63, 3.8) is 0 Å². The van der Waals surface area contributed by atoms with E-state index in [9.17, 15) is 4.79 Å². The van der Waals surface area contributed by atoms with Gasteiger partial charge in [-0.3, -0.25) is 4.79 Å². The van der Waals surface area contributed by atoms with E-state index in [2.05, 4.69) is 22.5 Å². The van der Waals surface area contributed by atoms with Crippen molar-refractivity contribution in [2.45, 2.75) is 38.6 Å². The van der Waals surface area contributed by atoms with Gasteiger partial charge in [-0.1, -0.05) is 18.5 Å². The number of hydrogen-bond donors (Lipinski definition) is 2. The fourth-order valence-electron chi connectivity index (χ4n) is 3.14. The van der Waals surface area contributed by atoms with E-state index in [1.165, 1.54) is 0 Å². The van der Waals surface area contributed by atoms with Crippen molar-refractivity contribution >= 4 is 48.0 Å². The second-order valence-corrected chi connectivity index (χ2v) is 6.53. The van der Waals surface area contributed by atoms with Gasteiger partial charge < -0.3 is 20.3 Å². The number of anilines is 1. The average molecular weight is 427 g/mol. The van der Waals surface area contributed by atoms with Crippen molar-refractivity contribution in [1.29, 1.82) is 0 Å². The lowest BCUT2D eigenvalue weighted by Crippen LogP contribution is -2.46. The minimum atomic E-state index is 0. The number of carbonyl (C=O) groups is 1. The van der Waals surface area contributed by atoms with Crippen LogP contribution in [-0.4, -0.2) is 50.1 Å². The summed E-state index contributed by atoms with van der Waals surface area (Å²) in [5.74, 6) is 0.952. The van der Waals surface area contributed by atoms with Crippen molar-refractivity contribution in [3.8, 4) is 5.75 Å². The maximum Gasteiger partial charge on any atom is 0.224 e. The van der Waals surface area contributed by atoms with Crippen LogP contribution in [-0.2, 0) is 4.79 Å². The second-order valence-electron chi connectivity index (χ2n) is 6.09. The quantitative estimate of drug-likeness (QED) is 0.660. The van der Waals surface area contributed by atoms with Crippen LogP contribution in [0.15, 0.2) is 18.2 Å². The Morgan fingerprint density at radius 1 is 1.35 bits per heavy atom. The predicted molar refractivity (Wildman–Crippen MR) is 114 cm³/mol. The van der Waals surface area contributed by atoms with Crippen LogP contribution in [0, 0.1) is 0 Å². The molecule has 0 aromatic heterocycles. The van der Waals surface area contributed by atoms with Crippen LogP contribution in [0.5, 0.6) is 5.75 Å². The Hall–Kier alpha value is -0.880. The molecule has 1 aliphatic heterocycles. The first kappa shape index (κ1) is 25.1. The third kappa shape index (κ3) is 7.39. The first-order valence-corrected chi connectivity index (χ1v) is 9.11. The first-order valence-electron chi connectivity index (χ1n) is 8.73. The van der Waals surface area contributed by atoms with Crippen LogP contribution in [0.3, 0.4) is 0 Å². The highest BCUT2D eigenvalue weighted by Crippen LogP contribution is 2.27. The van der Waals surface area contributed by atoms with Gasteiger partial charge in [0, 0.05) is 30.6 Å². The molecule has 0 aliphatic carbocycles. The molecule has 5 nitrogen and oxygen atoms in total. The van der Waals surface area contributed by atoms with Crippen LogP contribution >= 0.6 is 36.4 Å². The van der Waals surface area contributed by atoms with Crippen LogP contribution in [0.4, 0.5) is 5.69 Å². The molecule has 2 rings (SSSR count). The van der Waals surface area contributed by atoms with Gasteiger partial charge in [0.05, 0.1) is 12.8 Å². The Labute approximate surface area is 174 Å². The minimum Gasteiger partial charge on any atom is -0.495 e. The topological polar surface area (TPSA) is 53.6 Å². The molecule has 0 bridgehead atoms. The normalized spacial score (nSPS) is 14.0. The van der Waals surface area contributed by atoms with Crippen LogP contribution in [0.2, 0.25) is 5.02 Å². The van der Waals surface area contributed by atoms with Gasteiger partial charge in [0.25, 0.3) is 0 Å². The minimum absolute atomic E-state index is 0. The molecular formula is C18H30Cl3N3O2. The molecule has 0 atom stereocenters. The number of ether oxygens (including phenoxy) is 1. The third-order valence-electron chi connectivity index (χ3n) is 4.35. The standard InChI is InChI=1S/C18H28ClN3O2.2ClH/c1-3-12-22(15-6-9-20-10-7-15)18(23)8-11-21-16-13-14(19)4-5-17(16)24-2;;/h4-5,13,15,20-21H,3,6-12H2,1-2H3;2*1H. The lowest BCUT2D eigenvalue weighted by Gasteiger charge is -2.34. The number of piperidine rings is 1. The zero-order chi connectivity index (χ0) is 17.4. The molecule has 0 saturated carbocycles. The SMILES string of the molecule is CCCN(C(=O)CCNc1cc(Cl)ccc1OC)C1CCNCC1.Cl.Cl. The van der Waals surface area contributed by atoms with Crippen molar-refractivity contribution in [1.82, 2.24) is 10.2 Å². The maximum atomic E-state index is 12.7. The largest absolute Gasteiger partial charge is 0.495 e. The molecule has 1 aromatic carbocycles. The third-order valence-corrected chi connectivity index (χ3v) is 4.59. The second kappa shape index (κ2) is 13.3. The van der Waals surface area contributed by atoms with E-state index in [1.54, 1.807) is 13.2 Å². The Balaban J connectivity index is 0.00000312. The summed E-state index contributed by atoms with van der Waals surface area (Å²) in [7, 11) is 1.62. The molecule has 0 unspecified atom stereocenters. The molecule has 1 heterocycles. The monoisotopic (exact) mass is 425 g/mol. The number of benzene rings is 1. The van der Waals surface area contributed by atoms with Gasteiger partial charge in [0.2, 0.25) is 5.91 Å². The lowest BCUT2D eigenvalue weighted by molar-refractivity contribution is -0.133. The summed E-state index contributed by atoms with van der Waals surface area (Å²) in [4.78, 5) is 14.7. The molecule has 150 valence electrons. The van der Waals surface area contributed by atoms with Crippen LogP contribution < -0.4 is 15.4 Å². The molecule has 8 heteroatoms. The molecule has 0 radical (unpaired) electrons. The van der Waals surface area contributed by atoms with Crippen LogP contribution in [0.25, 0.3) is 0 Å².